The van der Waals surface area contributed by atoms with Crippen molar-refractivity contribution in [2.24, 2.45) is 0 Å². The van der Waals surface area contributed by atoms with E-state index in [1.54, 1.807) is 40.1 Å². The van der Waals surface area contributed by atoms with E-state index in [9.17, 15) is 26.4 Å². The van der Waals surface area contributed by atoms with Gasteiger partial charge >= 0.3 is 6.18 Å². The first-order valence-corrected chi connectivity index (χ1v) is 13.1. The highest BCUT2D eigenvalue weighted by Crippen LogP contribution is 2.32. The van der Waals surface area contributed by atoms with Crippen molar-refractivity contribution in [2.45, 2.75) is 11.1 Å². The van der Waals surface area contributed by atoms with Crippen LogP contribution in [0, 0.1) is 0 Å². The van der Waals surface area contributed by atoms with Gasteiger partial charge in [-0.05, 0) is 66.7 Å². The standard InChI is InChI=1S/C25H23ClF3N3O4S/c26-19-4-6-20(7-5-19)30-37(34,35)23-10-8-22(9-11-23)36-17-24(33)32-14-12-31(13-15-32)21-3-1-2-18(16-21)25(27,28)29/h1-11,16,30H,12-15,17H2. The highest BCUT2D eigenvalue weighted by atomic mass is 35.5. The zero-order chi connectivity index (χ0) is 26.6. The molecule has 196 valence electrons. The fourth-order valence-electron chi connectivity index (χ4n) is 3.78. The first-order chi connectivity index (χ1) is 17.5. The van der Waals surface area contributed by atoms with Crippen LogP contribution in [0.25, 0.3) is 0 Å². The molecule has 12 heteroatoms. The molecule has 1 aliphatic heterocycles. The van der Waals surface area contributed by atoms with Crippen molar-refractivity contribution in [3.8, 4) is 5.75 Å². The summed E-state index contributed by atoms with van der Waals surface area (Å²) in [7, 11) is -3.82. The second-order valence-electron chi connectivity index (χ2n) is 8.29. The third-order valence-corrected chi connectivity index (χ3v) is 7.41. The van der Waals surface area contributed by atoms with Crippen LogP contribution < -0.4 is 14.4 Å². The normalized spacial score (nSPS) is 14.4. The molecule has 0 aromatic heterocycles. The van der Waals surface area contributed by atoms with Crippen molar-refractivity contribution in [1.29, 1.82) is 0 Å². The van der Waals surface area contributed by atoms with Crippen LogP contribution in [0.15, 0.2) is 77.7 Å². The summed E-state index contributed by atoms with van der Waals surface area (Å²) >= 11 is 5.82. The maximum absolute atomic E-state index is 13.0. The van der Waals surface area contributed by atoms with Gasteiger partial charge in [-0.3, -0.25) is 9.52 Å². The van der Waals surface area contributed by atoms with E-state index in [4.69, 9.17) is 16.3 Å². The van der Waals surface area contributed by atoms with Crippen molar-refractivity contribution in [3.63, 3.8) is 0 Å². The van der Waals surface area contributed by atoms with Gasteiger partial charge in [-0.15, -0.1) is 0 Å². The quantitative estimate of drug-likeness (QED) is 0.451. The minimum atomic E-state index is -4.42. The smallest absolute Gasteiger partial charge is 0.416 e. The molecule has 1 heterocycles. The lowest BCUT2D eigenvalue weighted by molar-refractivity contribution is -0.137. The van der Waals surface area contributed by atoms with Crippen molar-refractivity contribution in [3.05, 3.63) is 83.4 Å². The summed E-state index contributed by atoms with van der Waals surface area (Å²) in [4.78, 5) is 16.0. The summed E-state index contributed by atoms with van der Waals surface area (Å²) in [6.45, 7) is 1.21. The highest BCUT2D eigenvalue weighted by Gasteiger charge is 2.31. The molecule has 1 amide bonds. The maximum atomic E-state index is 13.0. The van der Waals surface area contributed by atoms with Crippen LogP contribution in [0.3, 0.4) is 0 Å². The Morgan fingerprint density at radius 2 is 1.59 bits per heavy atom. The van der Waals surface area contributed by atoms with Gasteiger partial charge in [-0.1, -0.05) is 17.7 Å². The van der Waals surface area contributed by atoms with Crippen LogP contribution in [0.5, 0.6) is 5.75 Å². The summed E-state index contributed by atoms with van der Waals surface area (Å²) in [5.41, 5.74) is 0.110. The Bertz CT molecular complexity index is 1340. The number of nitrogens with one attached hydrogen (secondary N) is 1. The van der Waals surface area contributed by atoms with Gasteiger partial charge in [0.2, 0.25) is 0 Å². The third kappa shape index (κ3) is 6.86. The van der Waals surface area contributed by atoms with Gasteiger partial charge in [-0.2, -0.15) is 13.2 Å². The summed E-state index contributed by atoms with van der Waals surface area (Å²) in [6.07, 6.45) is -4.42. The molecule has 37 heavy (non-hydrogen) atoms. The van der Waals surface area contributed by atoms with Gasteiger partial charge in [-0.25, -0.2) is 8.42 Å². The fourth-order valence-corrected chi connectivity index (χ4v) is 4.96. The minimum Gasteiger partial charge on any atom is -0.484 e. The number of piperazine rings is 1. The molecule has 1 saturated heterocycles. The number of nitrogens with zero attached hydrogens (tertiary/aromatic N) is 2. The monoisotopic (exact) mass is 553 g/mol. The number of hydrogen-bond donors (Lipinski definition) is 1. The van der Waals surface area contributed by atoms with E-state index >= 15 is 0 Å². The Kier molecular flexibility index (Phi) is 7.84. The molecule has 0 unspecified atom stereocenters. The number of hydrogen-bond acceptors (Lipinski definition) is 5. The highest BCUT2D eigenvalue weighted by molar-refractivity contribution is 7.92. The minimum absolute atomic E-state index is 0.0202. The molecule has 3 aromatic carbocycles. The number of rotatable bonds is 7. The second kappa shape index (κ2) is 10.9. The Labute approximate surface area is 217 Å². The lowest BCUT2D eigenvalue weighted by Crippen LogP contribution is -2.50. The van der Waals surface area contributed by atoms with Gasteiger partial charge in [0.1, 0.15) is 5.75 Å². The van der Waals surface area contributed by atoms with Gasteiger partial charge in [0, 0.05) is 42.6 Å². The number of carbonyl (C=O) groups is 1. The van der Waals surface area contributed by atoms with Gasteiger partial charge in [0.15, 0.2) is 6.61 Å². The first kappa shape index (κ1) is 26.6. The zero-order valence-electron chi connectivity index (χ0n) is 19.4. The van der Waals surface area contributed by atoms with E-state index in [1.807, 2.05) is 0 Å². The number of alkyl halides is 3. The Morgan fingerprint density at radius 3 is 2.22 bits per heavy atom. The van der Waals surface area contributed by atoms with Crippen LogP contribution in [0.2, 0.25) is 5.02 Å². The molecule has 0 aliphatic carbocycles. The van der Waals surface area contributed by atoms with Gasteiger partial charge < -0.3 is 14.5 Å². The first-order valence-electron chi connectivity index (χ1n) is 11.2. The average molecular weight is 554 g/mol. The number of benzene rings is 3. The molecule has 0 spiro atoms. The van der Waals surface area contributed by atoms with Crippen LogP contribution in [-0.4, -0.2) is 52.0 Å². The van der Waals surface area contributed by atoms with Crippen LogP contribution in [-0.2, 0) is 21.0 Å². The van der Waals surface area contributed by atoms with Crippen molar-refractivity contribution in [1.82, 2.24) is 4.90 Å². The number of anilines is 2. The molecular weight excluding hydrogens is 531 g/mol. The topological polar surface area (TPSA) is 78.9 Å². The Balaban J connectivity index is 1.28. The summed E-state index contributed by atoms with van der Waals surface area (Å²) in [6, 6.07) is 17.0. The van der Waals surface area contributed by atoms with Crippen LogP contribution >= 0.6 is 11.6 Å². The fraction of sp³-hybridized carbons (Fsp3) is 0.240. The summed E-state index contributed by atoms with van der Waals surface area (Å²) in [5.74, 6) is 0.0474. The SMILES string of the molecule is O=C(COc1ccc(S(=O)(=O)Nc2ccc(Cl)cc2)cc1)N1CCN(c2cccc(C(F)(F)F)c2)CC1. The molecule has 4 rings (SSSR count). The van der Waals surface area contributed by atoms with Crippen LogP contribution in [0.4, 0.5) is 24.5 Å². The van der Waals surface area contributed by atoms with Crippen molar-refractivity contribution in [2.75, 3.05) is 42.4 Å². The third-order valence-electron chi connectivity index (χ3n) is 5.76. The molecule has 0 bridgehead atoms. The molecule has 0 radical (unpaired) electrons. The predicted octanol–water partition coefficient (Wildman–Crippen LogP) is 4.89. The second-order valence-corrected chi connectivity index (χ2v) is 10.4. The molecule has 3 aromatic rings. The van der Waals surface area contributed by atoms with Crippen LogP contribution in [0.1, 0.15) is 5.56 Å². The van der Waals surface area contributed by atoms with Crippen molar-refractivity contribution < 1.29 is 31.1 Å². The van der Waals surface area contributed by atoms with Gasteiger partial charge in [0.25, 0.3) is 15.9 Å². The predicted molar refractivity (Wildman–Crippen MR) is 134 cm³/mol. The number of carbonyl (C=O) groups excluding carboxylic acids is 1. The average Bonchev–Trinajstić information content (AvgIpc) is 2.88. The lowest BCUT2D eigenvalue weighted by Gasteiger charge is -2.36. The summed E-state index contributed by atoms with van der Waals surface area (Å²) < 4.78 is 72.1. The van der Waals surface area contributed by atoms with E-state index in [0.29, 0.717) is 48.3 Å². The van der Waals surface area contributed by atoms with E-state index < -0.39 is 21.8 Å². The molecule has 1 aliphatic rings. The largest absolute Gasteiger partial charge is 0.484 e. The number of ether oxygens (including phenoxy) is 1. The molecular formula is C25H23ClF3N3O4S. The Morgan fingerprint density at radius 1 is 0.946 bits per heavy atom. The van der Waals surface area contributed by atoms with E-state index in [2.05, 4.69) is 4.72 Å². The number of halogens is 4. The molecule has 1 fully saturated rings. The molecule has 0 atom stereocenters. The van der Waals surface area contributed by atoms with Crippen molar-refractivity contribution >= 4 is 38.9 Å². The summed E-state index contributed by atoms with van der Waals surface area (Å²) in [5, 5.41) is 0.483. The Hall–Kier alpha value is -3.44. The number of sulfonamides is 1. The lowest BCUT2D eigenvalue weighted by atomic mass is 10.1. The number of amides is 1. The molecule has 1 N–H and O–H groups in total. The molecule has 0 saturated carbocycles. The van der Waals surface area contributed by atoms with Gasteiger partial charge in [0.05, 0.1) is 10.5 Å². The van der Waals surface area contributed by atoms with E-state index in [-0.39, 0.29) is 17.4 Å². The maximum Gasteiger partial charge on any atom is 0.416 e. The van der Waals surface area contributed by atoms with E-state index in [0.717, 1.165) is 12.1 Å². The van der Waals surface area contributed by atoms with E-state index in [1.165, 1.54) is 30.3 Å². The molecule has 7 nitrogen and oxygen atoms in total. The zero-order valence-corrected chi connectivity index (χ0v) is 21.0.